The van der Waals surface area contributed by atoms with E-state index in [1.165, 1.54) is 42.4 Å². The van der Waals surface area contributed by atoms with Crippen LogP contribution in [0.5, 0.6) is 0 Å². The van der Waals surface area contributed by atoms with Gasteiger partial charge in [-0.3, -0.25) is 4.90 Å². The van der Waals surface area contributed by atoms with Crippen LogP contribution in [0.1, 0.15) is 55.6 Å². The second-order valence-electron chi connectivity index (χ2n) is 9.63. The zero-order valence-corrected chi connectivity index (χ0v) is 19.3. The molecule has 174 valence electrons. The number of nitrogens with one attached hydrogen (secondary N) is 1. The van der Waals surface area contributed by atoms with Crippen molar-refractivity contribution < 1.29 is 9.90 Å². The Morgan fingerprint density at radius 3 is 2.48 bits per heavy atom. The molecule has 0 bridgehead atoms. The molecular formula is C28H35N3O2. The highest BCUT2D eigenvalue weighted by atomic mass is 16.3. The number of allylic oxidation sites excluding steroid dienone is 2. The summed E-state index contributed by atoms with van der Waals surface area (Å²) in [6.45, 7) is 2.61. The number of carbonyl (C=O) groups excluding carboxylic acids is 1. The van der Waals surface area contributed by atoms with Gasteiger partial charge in [0.25, 0.3) is 0 Å². The molecule has 5 heteroatoms. The standard InChI is InChI=1S/C28H35N3O2/c32-20-26-27(23-15-13-22(14-16-23)21-9-3-1-4-10-21)25-19-30(17-7-8-18-31(25)26)28(33)29-24-11-5-2-6-12-24/h2,5-6,9,11-16,25-27,32H,1,3-4,7-8,10,17-20H2,(H,29,33)/t25-,26-,27+/m1/s1. The highest BCUT2D eigenvalue weighted by Gasteiger charge is 2.49. The fourth-order valence-corrected chi connectivity index (χ4v) is 5.87. The van der Waals surface area contributed by atoms with Crippen LogP contribution in [0, 0.1) is 0 Å². The number of hydrogen-bond donors (Lipinski definition) is 2. The lowest BCUT2D eigenvalue weighted by Crippen LogP contribution is -2.68. The minimum absolute atomic E-state index is 0.0335. The summed E-state index contributed by atoms with van der Waals surface area (Å²) in [5, 5.41) is 13.3. The number of para-hydroxylation sites is 1. The highest BCUT2D eigenvalue weighted by molar-refractivity contribution is 5.89. The largest absolute Gasteiger partial charge is 0.395 e. The zero-order valence-electron chi connectivity index (χ0n) is 19.3. The fraction of sp³-hybridized carbons (Fsp3) is 0.464. The molecule has 0 radical (unpaired) electrons. The number of nitrogens with zero attached hydrogens (tertiary/aromatic N) is 2. The topological polar surface area (TPSA) is 55.8 Å². The summed E-state index contributed by atoms with van der Waals surface area (Å²) in [7, 11) is 0. The molecular weight excluding hydrogens is 410 g/mol. The number of carbonyl (C=O) groups is 1. The third-order valence-corrected chi connectivity index (χ3v) is 7.64. The monoisotopic (exact) mass is 445 g/mol. The van der Waals surface area contributed by atoms with E-state index in [1.807, 2.05) is 35.2 Å². The van der Waals surface area contributed by atoms with Crippen LogP contribution in [0.2, 0.25) is 0 Å². The van der Waals surface area contributed by atoms with Gasteiger partial charge in [-0.1, -0.05) is 48.5 Å². The number of benzene rings is 2. The lowest BCUT2D eigenvalue weighted by Gasteiger charge is -2.57. The molecule has 2 heterocycles. The molecule has 5 nitrogen and oxygen atoms in total. The first-order chi connectivity index (χ1) is 16.2. The van der Waals surface area contributed by atoms with Gasteiger partial charge in [0.1, 0.15) is 0 Å². The number of hydrogen-bond acceptors (Lipinski definition) is 3. The SMILES string of the molecule is O=C(Nc1ccccc1)N1CCCCN2[C@H](CO)[C@@H](c3ccc(C4=CCCCC4)cc3)[C@H]2C1. The van der Waals surface area contributed by atoms with Crippen molar-refractivity contribution in [2.75, 3.05) is 31.6 Å². The lowest BCUT2D eigenvalue weighted by molar-refractivity contribution is -0.0585. The van der Waals surface area contributed by atoms with Crippen LogP contribution in [0.3, 0.4) is 0 Å². The molecule has 2 N–H and O–H groups in total. The molecule has 3 atom stereocenters. The Balaban J connectivity index is 1.33. The number of urea groups is 1. The van der Waals surface area contributed by atoms with Crippen molar-refractivity contribution in [3.63, 3.8) is 0 Å². The summed E-state index contributed by atoms with van der Waals surface area (Å²) in [6.07, 6.45) is 9.35. The molecule has 33 heavy (non-hydrogen) atoms. The Morgan fingerprint density at radius 2 is 1.76 bits per heavy atom. The van der Waals surface area contributed by atoms with Crippen LogP contribution >= 0.6 is 0 Å². The van der Waals surface area contributed by atoms with Gasteiger partial charge in [0.05, 0.1) is 6.61 Å². The van der Waals surface area contributed by atoms with Crippen molar-refractivity contribution in [3.8, 4) is 0 Å². The molecule has 0 aromatic heterocycles. The van der Waals surface area contributed by atoms with Crippen molar-refractivity contribution >= 4 is 17.3 Å². The minimum Gasteiger partial charge on any atom is -0.395 e. The van der Waals surface area contributed by atoms with Gasteiger partial charge in [0.2, 0.25) is 0 Å². The van der Waals surface area contributed by atoms with Crippen LogP contribution < -0.4 is 5.32 Å². The number of fused-ring (bicyclic) bond motifs is 1. The molecule has 0 spiro atoms. The third-order valence-electron chi connectivity index (χ3n) is 7.64. The molecule has 2 fully saturated rings. The van der Waals surface area contributed by atoms with E-state index in [0.717, 1.165) is 31.6 Å². The molecule has 2 aliphatic heterocycles. The molecule has 2 saturated heterocycles. The van der Waals surface area contributed by atoms with E-state index in [4.69, 9.17) is 0 Å². The first-order valence-electron chi connectivity index (χ1n) is 12.5. The van der Waals surface area contributed by atoms with Crippen molar-refractivity contribution in [2.45, 2.75) is 56.5 Å². The van der Waals surface area contributed by atoms with E-state index < -0.39 is 0 Å². The van der Waals surface area contributed by atoms with Crippen molar-refractivity contribution in [1.29, 1.82) is 0 Å². The quantitative estimate of drug-likeness (QED) is 0.688. The van der Waals surface area contributed by atoms with E-state index in [0.29, 0.717) is 6.54 Å². The van der Waals surface area contributed by atoms with Crippen LogP contribution in [0.15, 0.2) is 60.7 Å². The number of amides is 2. The highest BCUT2D eigenvalue weighted by Crippen LogP contribution is 2.42. The number of aliphatic hydroxyl groups excluding tert-OH is 1. The molecule has 0 saturated carbocycles. The second-order valence-corrected chi connectivity index (χ2v) is 9.63. The maximum absolute atomic E-state index is 13.1. The van der Waals surface area contributed by atoms with Crippen LogP contribution in [0.4, 0.5) is 10.5 Å². The Labute approximate surface area is 197 Å². The van der Waals surface area contributed by atoms with E-state index in [2.05, 4.69) is 40.6 Å². The second kappa shape index (κ2) is 10.1. The zero-order chi connectivity index (χ0) is 22.6. The van der Waals surface area contributed by atoms with Gasteiger partial charge in [-0.15, -0.1) is 0 Å². The predicted octanol–water partition coefficient (Wildman–Crippen LogP) is 5.10. The third kappa shape index (κ3) is 4.71. The van der Waals surface area contributed by atoms with Crippen molar-refractivity contribution in [2.24, 2.45) is 0 Å². The van der Waals surface area contributed by atoms with Gasteiger partial charge >= 0.3 is 6.03 Å². The molecule has 1 aliphatic carbocycles. The molecule has 2 amide bonds. The van der Waals surface area contributed by atoms with Gasteiger partial charge in [-0.25, -0.2) is 4.79 Å². The van der Waals surface area contributed by atoms with Gasteiger partial charge in [0.15, 0.2) is 0 Å². The normalized spacial score (nSPS) is 25.8. The number of anilines is 1. The van der Waals surface area contributed by atoms with E-state index in [9.17, 15) is 9.90 Å². The summed E-state index contributed by atoms with van der Waals surface area (Å²) >= 11 is 0. The molecule has 0 unspecified atom stereocenters. The van der Waals surface area contributed by atoms with Gasteiger partial charge < -0.3 is 15.3 Å². The number of rotatable bonds is 4. The fourth-order valence-electron chi connectivity index (χ4n) is 5.87. The summed E-state index contributed by atoms with van der Waals surface area (Å²) < 4.78 is 0. The first kappa shape index (κ1) is 22.2. The summed E-state index contributed by atoms with van der Waals surface area (Å²) in [5.41, 5.74) is 4.90. The average molecular weight is 446 g/mol. The molecule has 2 aromatic rings. The Hall–Kier alpha value is -2.63. The van der Waals surface area contributed by atoms with Gasteiger partial charge in [0, 0.05) is 36.8 Å². The average Bonchev–Trinajstić information content (AvgIpc) is 2.84. The molecule has 2 aromatic carbocycles. The smallest absolute Gasteiger partial charge is 0.321 e. The number of aliphatic hydroxyl groups is 1. The Kier molecular flexibility index (Phi) is 6.79. The maximum atomic E-state index is 13.1. The predicted molar refractivity (Wildman–Crippen MR) is 133 cm³/mol. The summed E-state index contributed by atoms with van der Waals surface area (Å²) in [4.78, 5) is 17.4. The minimum atomic E-state index is -0.0335. The van der Waals surface area contributed by atoms with Crippen LogP contribution in [-0.4, -0.2) is 59.3 Å². The van der Waals surface area contributed by atoms with Gasteiger partial charge in [-0.2, -0.15) is 0 Å². The van der Waals surface area contributed by atoms with E-state index >= 15 is 0 Å². The van der Waals surface area contributed by atoms with Crippen molar-refractivity contribution in [1.82, 2.24) is 9.80 Å². The van der Waals surface area contributed by atoms with Crippen molar-refractivity contribution in [3.05, 3.63) is 71.8 Å². The summed E-state index contributed by atoms with van der Waals surface area (Å²) in [6, 6.07) is 19.0. The summed E-state index contributed by atoms with van der Waals surface area (Å²) in [5.74, 6) is 0.245. The maximum Gasteiger partial charge on any atom is 0.321 e. The van der Waals surface area contributed by atoms with Crippen LogP contribution in [-0.2, 0) is 0 Å². The van der Waals surface area contributed by atoms with E-state index in [-0.39, 0.29) is 30.6 Å². The molecule has 3 aliphatic rings. The Morgan fingerprint density at radius 1 is 0.970 bits per heavy atom. The lowest BCUT2D eigenvalue weighted by atomic mass is 9.74. The van der Waals surface area contributed by atoms with Crippen LogP contribution in [0.25, 0.3) is 5.57 Å². The Bertz CT molecular complexity index is 972. The van der Waals surface area contributed by atoms with E-state index in [1.54, 1.807) is 0 Å². The molecule has 5 rings (SSSR count). The first-order valence-corrected chi connectivity index (χ1v) is 12.5. The van der Waals surface area contributed by atoms with Gasteiger partial charge in [-0.05, 0) is 73.9 Å².